The molecule has 1 amide bonds. The molecule has 0 saturated heterocycles. The number of benzene rings is 2. The van der Waals surface area contributed by atoms with Gasteiger partial charge in [-0.05, 0) is 42.3 Å². The predicted octanol–water partition coefficient (Wildman–Crippen LogP) is 3.92. The lowest BCUT2D eigenvalue weighted by Crippen LogP contribution is -2.43. The van der Waals surface area contributed by atoms with Crippen molar-refractivity contribution in [1.29, 1.82) is 0 Å². The number of rotatable bonds is 3. The van der Waals surface area contributed by atoms with E-state index >= 15 is 0 Å². The van der Waals surface area contributed by atoms with Gasteiger partial charge in [-0.3, -0.25) is 4.79 Å². The van der Waals surface area contributed by atoms with Crippen LogP contribution in [0.2, 0.25) is 0 Å². The lowest BCUT2D eigenvalue weighted by atomic mass is 10.1. The van der Waals surface area contributed by atoms with Crippen LogP contribution in [-0.4, -0.2) is 32.4 Å². The molecule has 7 heteroatoms. The maximum Gasteiger partial charge on any atom is 0.573 e. The Bertz CT molecular complexity index is 803. The van der Waals surface area contributed by atoms with Crippen molar-refractivity contribution in [3.05, 3.63) is 53.6 Å². The van der Waals surface area contributed by atoms with Gasteiger partial charge in [0.05, 0.1) is 17.8 Å². The summed E-state index contributed by atoms with van der Waals surface area (Å²) in [4.78, 5) is 16.6. The van der Waals surface area contributed by atoms with Gasteiger partial charge in [0, 0.05) is 20.1 Å². The summed E-state index contributed by atoms with van der Waals surface area (Å²) in [6, 6.07) is 11.3. The largest absolute Gasteiger partial charge is 0.573 e. The second-order valence-electron chi connectivity index (χ2n) is 6.33. The van der Waals surface area contributed by atoms with E-state index in [9.17, 15) is 18.0 Å². The van der Waals surface area contributed by atoms with E-state index in [0.717, 1.165) is 23.5 Å². The Kier molecular flexibility index (Phi) is 4.80. The lowest BCUT2D eigenvalue weighted by Gasteiger charge is -2.36. The highest BCUT2D eigenvalue weighted by Crippen LogP contribution is 2.33. The quantitative estimate of drug-likeness (QED) is 0.828. The van der Waals surface area contributed by atoms with Crippen molar-refractivity contribution in [2.24, 2.45) is 0 Å². The Balaban J connectivity index is 1.74. The summed E-state index contributed by atoms with van der Waals surface area (Å²) in [6.45, 7) is 3.29. The maximum absolute atomic E-state index is 12.7. The van der Waals surface area contributed by atoms with Gasteiger partial charge in [0.15, 0.2) is 0 Å². The van der Waals surface area contributed by atoms with Crippen molar-refractivity contribution in [3.8, 4) is 5.75 Å². The van der Waals surface area contributed by atoms with Gasteiger partial charge < -0.3 is 14.5 Å². The Hall–Kier alpha value is -2.70. The molecule has 2 aromatic carbocycles. The molecular formula is C19H19F3N2O2. The van der Waals surface area contributed by atoms with E-state index in [1.54, 1.807) is 4.90 Å². The molecule has 1 heterocycles. The van der Waals surface area contributed by atoms with Crippen molar-refractivity contribution in [2.75, 3.05) is 29.9 Å². The van der Waals surface area contributed by atoms with Gasteiger partial charge in [0.2, 0.25) is 5.91 Å². The molecule has 0 bridgehead atoms. The number of anilines is 2. The van der Waals surface area contributed by atoms with E-state index in [1.807, 2.05) is 32.2 Å². The predicted molar refractivity (Wildman–Crippen MR) is 93.6 cm³/mol. The topological polar surface area (TPSA) is 32.8 Å². The van der Waals surface area contributed by atoms with Crippen molar-refractivity contribution >= 4 is 17.3 Å². The van der Waals surface area contributed by atoms with Gasteiger partial charge in [-0.15, -0.1) is 13.2 Å². The van der Waals surface area contributed by atoms with E-state index in [1.165, 1.54) is 24.3 Å². The van der Waals surface area contributed by atoms with E-state index in [0.29, 0.717) is 12.1 Å². The summed E-state index contributed by atoms with van der Waals surface area (Å²) in [5.74, 6) is -0.387. The number of alkyl halides is 3. The first-order valence-electron chi connectivity index (χ1n) is 8.20. The van der Waals surface area contributed by atoms with Crippen molar-refractivity contribution < 1.29 is 22.7 Å². The number of carbonyl (C=O) groups is 1. The fraction of sp³-hybridized carbons (Fsp3) is 0.316. The van der Waals surface area contributed by atoms with Gasteiger partial charge in [-0.25, -0.2) is 0 Å². The molecular weight excluding hydrogens is 345 g/mol. The van der Waals surface area contributed by atoms with E-state index in [2.05, 4.69) is 9.64 Å². The number of aryl methyl sites for hydroxylation is 1. The average molecular weight is 364 g/mol. The minimum Gasteiger partial charge on any atom is -0.406 e. The first kappa shape index (κ1) is 18.1. The summed E-state index contributed by atoms with van der Waals surface area (Å²) < 4.78 is 40.5. The fourth-order valence-electron chi connectivity index (χ4n) is 3.00. The molecule has 0 spiro atoms. The average Bonchev–Trinajstić information content (AvgIpc) is 2.56. The molecule has 0 radical (unpaired) electrons. The van der Waals surface area contributed by atoms with Crippen molar-refractivity contribution in [3.63, 3.8) is 0 Å². The minimum atomic E-state index is -4.72. The molecule has 138 valence electrons. The monoisotopic (exact) mass is 364 g/mol. The molecule has 26 heavy (non-hydrogen) atoms. The Morgan fingerprint density at radius 3 is 2.42 bits per heavy atom. The van der Waals surface area contributed by atoms with Crippen LogP contribution in [-0.2, 0) is 11.2 Å². The standard InChI is InChI=1S/C19H19F3N2O2/c1-13-3-8-16-17(11-13)23(2)9-10-24(16)18(25)12-14-4-6-15(7-5-14)26-19(20,21)22/h3-8,11H,9-10,12H2,1-2H3. The Morgan fingerprint density at radius 2 is 1.77 bits per heavy atom. The molecule has 0 unspecified atom stereocenters. The maximum atomic E-state index is 12.7. The third-order valence-corrected chi connectivity index (χ3v) is 4.31. The molecule has 0 N–H and O–H groups in total. The number of hydrogen-bond donors (Lipinski definition) is 0. The van der Waals surface area contributed by atoms with Crippen LogP contribution in [0.25, 0.3) is 0 Å². The zero-order valence-corrected chi connectivity index (χ0v) is 14.5. The fourth-order valence-corrected chi connectivity index (χ4v) is 3.00. The molecule has 0 fully saturated rings. The van der Waals surface area contributed by atoms with Crippen molar-refractivity contribution in [1.82, 2.24) is 0 Å². The second kappa shape index (κ2) is 6.90. The second-order valence-corrected chi connectivity index (χ2v) is 6.33. The van der Waals surface area contributed by atoms with Gasteiger partial charge in [0.25, 0.3) is 0 Å². The third-order valence-electron chi connectivity index (χ3n) is 4.31. The van der Waals surface area contributed by atoms with E-state index < -0.39 is 6.36 Å². The van der Waals surface area contributed by atoms with Crippen LogP contribution in [0.4, 0.5) is 24.5 Å². The van der Waals surface area contributed by atoms with Crippen LogP contribution in [0.1, 0.15) is 11.1 Å². The van der Waals surface area contributed by atoms with Gasteiger partial charge >= 0.3 is 6.36 Å². The van der Waals surface area contributed by atoms with Crippen LogP contribution in [0.15, 0.2) is 42.5 Å². The van der Waals surface area contributed by atoms with E-state index in [4.69, 9.17) is 0 Å². The van der Waals surface area contributed by atoms with E-state index in [-0.39, 0.29) is 18.1 Å². The molecule has 0 aromatic heterocycles. The van der Waals surface area contributed by atoms with Gasteiger partial charge in [0.1, 0.15) is 5.75 Å². The van der Waals surface area contributed by atoms with Gasteiger partial charge in [-0.2, -0.15) is 0 Å². The summed E-state index contributed by atoms with van der Waals surface area (Å²) >= 11 is 0. The molecule has 0 saturated carbocycles. The minimum absolute atomic E-state index is 0.0901. The number of nitrogens with zero attached hydrogens (tertiary/aromatic N) is 2. The highest BCUT2D eigenvalue weighted by molar-refractivity contribution is 5.99. The van der Waals surface area contributed by atoms with Crippen LogP contribution in [0, 0.1) is 6.92 Å². The lowest BCUT2D eigenvalue weighted by molar-refractivity contribution is -0.274. The highest BCUT2D eigenvalue weighted by atomic mass is 19.4. The normalized spacial score (nSPS) is 14.2. The molecule has 1 aliphatic heterocycles. The summed E-state index contributed by atoms with van der Waals surface area (Å²) in [5, 5.41) is 0. The Labute approximate surface area is 149 Å². The highest BCUT2D eigenvalue weighted by Gasteiger charge is 2.31. The summed E-state index contributed by atoms with van der Waals surface area (Å²) in [7, 11) is 1.99. The van der Waals surface area contributed by atoms with Crippen LogP contribution in [0.3, 0.4) is 0 Å². The number of amides is 1. The number of carbonyl (C=O) groups excluding carboxylic acids is 1. The first-order chi connectivity index (χ1) is 12.2. The number of ether oxygens (including phenoxy) is 1. The van der Waals surface area contributed by atoms with Crippen LogP contribution < -0.4 is 14.5 Å². The zero-order chi connectivity index (χ0) is 18.9. The Morgan fingerprint density at radius 1 is 1.08 bits per heavy atom. The molecule has 1 aliphatic rings. The molecule has 3 rings (SSSR count). The SMILES string of the molecule is Cc1ccc2c(c1)N(C)CCN2C(=O)Cc1ccc(OC(F)(F)F)cc1. The first-order valence-corrected chi connectivity index (χ1v) is 8.20. The molecule has 0 aliphatic carbocycles. The number of fused-ring (bicyclic) bond motifs is 1. The molecule has 0 atom stereocenters. The number of halogens is 3. The summed E-state index contributed by atoms with van der Waals surface area (Å²) in [6.07, 6.45) is -4.61. The smallest absolute Gasteiger partial charge is 0.406 e. The zero-order valence-electron chi connectivity index (χ0n) is 14.5. The number of hydrogen-bond acceptors (Lipinski definition) is 3. The van der Waals surface area contributed by atoms with Gasteiger partial charge in [-0.1, -0.05) is 18.2 Å². The number of likely N-dealkylation sites (N-methyl/N-ethyl adjacent to an activating group) is 1. The summed E-state index contributed by atoms with van der Waals surface area (Å²) in [5.41, 5.74) is 3.60. The van der Waals surface area contributed by atoms with Crippen LogP contribution in [0.5, 0.6) is 5.75 Å². The molecule has 2 aromatic rings. The van der Waals surface area contributed by atoms with Crippen LogP contribution >= 0.6 is 0 Å². The third kappa shape index (κ3) is 4.09. The molecule has 4 nitrogen and oxygen atoms in total. The van der Waals surface area contributed by atoms with Crippen molar-refractivity contribution in [2.45, 2.75) is 19.7 Å².